The van der Waals surface area contributed by atoms with E-state index in [-0.39, 0.29) is 33.7 Å². The molecule has 1 amide bonds. The van der Waals surface area contributed by atoms with Gasteiger partial charge in [-0.25, -0.2) is 0 Å². The quantitative estimate of drug-likeness (QED) is 0.193. The molecule has 0 aliphatic rings. The molecule has 0 saturated carbocycles. The van der Waals surface area contributed by atoms with Crippen molar-refractivity contribution in [1.29, 1.82) is 0 Å². The van der Waals surface area contributed by atoms with Crippen LogP contribution in [-0.2, 0) is 6.61 Å². The van der Waals surface area contributed by atoms with E-state index in [4.69, 9.17) is 32.7 Å². The number of thiophene rings is 1. The summed E-state index contributed by atoms with van der Waals surface area (Å²) >= 11 is 13.7. The van der Waals surface area contributed by atoms with Gasteiger partial charge in [0, 0.05) is 12.1 Å². The largest absolute Gasteiger partial charge is 0.487 e. The molecule has 0 fully saturated rings. The summed E-state index contributed by atoms with van der Waals surface area (Å²) in [5, 5.41) is 16.2. The number of nitrogens with zero attached hydrogens (tertiary/aromatic N) is 1. The second-order valence-electron chi connectivity index (χ2n) is 6.93. The van der Waals surface area contributed by atoms with E-state index in [2.05, 4.69) is 5.32 Å². The van der Waals surface area contributed by atoms with Crippen LogP contribution >= 0.6 is 34.5 Å². The molecule has 0 bridgehead atoms. The van der Waals surface area contributed by atoms with Gasteiger partial charge in [-0.05, 0) is 29.1 Å². The van der Waals surface area contributed by atoms with E-state index in [0.717, 1.165) is 16.9 Å². The average molecular weight is 515 g/mol. The van der Waals surface area contributed by atoms with Crippen LogP contribution < -0.4 is 14.8 Å². The fourth-order valence-electron chi connectivity index (χ4n) is 3.01. The Kier molecular flexibility index (Phi) is 7.32. The van der Waals surface area contributed by atoms with Gasteiger partial charge in [-0.1, -0.05) is 65.7 Å². The van der Waals surface area contributed by atoms with Crippen LogP contribution in [0.5, 0.6) is 17.2 Å². The highest BCUT2D eigenvalue weighted by Gasteiger charge is 2.21. The number of ether oxygens (including phenoxy) is 2. The van der Waals surface area contributed by atoms with E-state index in [0.29, 0.717) is 16.5 Å². The Morgan fingerprint density at radius 1 is 0.941 bits per heavy atom. The number of carbonyl (C=O) groups is 1. The minimum Gasteiger partial charge on any atom is -0.487 e. The maximum atomic E-state index is 13.0. The van der Waals surface area contributed by atoms with Crippen molar-refractivity contribution in [2.45, 2.75) is 6.61 Å². The summed E-state index contributed by atoms with van der Waals surface area (Å²) in [7, 11) is 0. The number of anilines is 1. The molecular weight excluding hydrogens is 499 g/mol. The van der Waals surface area contributed by atoms with Gasteiger partial charge in [0.2, 0.25) is 5.75 Å². The summed E-state index contributed by atoms with van der Waals surface area (Å²) in [5.74, 6) is 0.0677. The number of hydrogen-bond donors (Lipinski definition) is 1. The Bertz CT molecular complexity index is 1340. The molecule has 10 heteroatoms. The van der Waals surface area contributed by atoms with Gasteiger partial charge in [0.1, 0.15) is 17.2 Å². The zero-order valence-corrected chi connectivity index (χ0v) is 19.7. The number of para-hydroxylation sites is 2. The van der Waals surface area contributed by atoms with Crippen LogP contribution in [0.15, 0.2) is 78.2 Å². The number of hydrogen-bond acceptors (Lipinski definition) is 6. The van der Waals surface area contributed by atoms with Gasteiger partial charge in [0.05, 0.1) is 20.7 Å². The van der Waals surface area contributed by atoms with E-state index in [1.807, 2.05) is 30.3 Å². The SMILES string of the molecule is O=C(Nc1cc(OCc2ccccc2)c(Cl)cc1Cl)c1sccc1Oc1ccccc1[N+](=O)[O-]. The lowest BCUT2D eigenvalue weighted by molar-refractivity contribution is -0.385. The number of amides is 1. The normalized spacial score (nSPS) is 10.5. The summed E-state index contributed by atoms with van der Waals surface area (Å²) in [6.07, 6.45) is 0. The van der Waals surface area contributed by atoms with Crippen molar-refractivity contribution in [2.24, 2.45) is 0 Å². The van der Waals surface area contributed by atoms with Crippen molar-refractivity contribution in [1.82, 2.24) is 0 Å². The Morgan fingerprint density at radius 3 is 2.44 bits per heavy atom. The Hall–Kier alpha value is -3.59. The molecule has 0 unspecified atom stereocenters. The first-order valence-corrected chi connectivity index (χ1v) is 11.5. The van der Waals surface area contributed by atoms with Crippen molar-refractivity contribution in [3.05, 3.63) is 109 Å². The number of halogens is 2. The molecule has 172 valence electrons. The topological polar surface area (TPSA) is 90.7 Å². The molecule has 7 nitrogen and oxygen atoms in total. The van der Waals surface area contributed by atoms with E-state index in [1.165, 1.54) is 24.3 Å². The van der Waals surface area contributed by atoms with Crippen LogP contribution in [0.1, 0.15) is 15.2 Å². The van der Waals surface area contributed by atoms with Crippen molar-refractivity contribution >= 4 is 51.8 Å². The number of carbonyl (C=O) groups excluding carboxylic acids is 1. The van der Waals surface area contributed by atoms with Gasteiger partial charge in [0.15, 0.2) is 5.75 Å². The van der Waals surface area contributed by atoms with E-state index in [9.17, 15) is 14.9 Å². The monoisotopic (exact) mass is 514 g/mol. The molecule has 1 N–H and O–H groups in total. The number of nitro benzene ring substituents is 1. The molecule has 1 aromatic heterocycles. The molecule has 0 aliphatic carbocycles. The van der Waals surface area contributed by atoms with Gasteiger partial charge in [-0.15, -0.1) is 11.3 Å². The van der Waals surface area contributed by atoms with Crippen LogP contribution in [0.3, 0.4) is 0 Å². The average Bonchev–Trinajstić information content (AvgIpc) is 3.29. The van der Waals surface area contributed by atoms with Gasteiger partial charge in [0.25, 0.3) is 5.91 Å². The van der Waals surface area contributed by atoms with Crippen LogP contribution in [-0.4, -0.2) is 10.8 Å². The van der Waals surface area contributed by atoms with Crippen molar-refractivity contribution < 1.29 is 19.2 Å². The summed E-state index contributed by atoms with van der Waals surface area (Å²) in [5.41, 5.74) is 1.04. The fourth-order valence-corrected chi connectivity index (χ4v) is 4.20. The molecule has 0 spiro atoms. The highest BCUT2D eigenvalue weighted by molar-refractivity contribution is 7.12. The van der Waals surface area contributed by atoms with Gasteiger partial charge in [-0.2, -0.15) is 0 Å². The molecule has 0 atom stereocenters. The third-order valence-corrected chi connectivity index (χ3v) is 6.13. The van der Waals surface area contributed by atoms with Crippen molar-refractivity contribution in [3.63, 3.8) is 0 Å². The molecule has 4 rings (SSSR count). The summed E-state index contributed by atoms with van der Waals surface area (Å²) in [6, 6.07) is 20.1. The maximum absolute atomic E-state index is 13.0. The third kappa shape index (κ3) is 5.48. The van der Waals surface area contributed by atoms with Gasteiger partial charge < -0.3 is 14.8 Å². The standard InChI is InChI=1S/C24H16Cl2N2O5S/c25-16-12-17(26)22(32-14-15-6-2-1-3-7-15)13-18(16)27-24(29)23-21(10-11-34-23)33-20-9-5-4-8-19(20)28(30)31/h1-13H,14H2,(H,27,29). The van der Waals surface area contributed by atoms with Crippen LogP contribution in [0.2, 0.25) is 10.0 Å². The third-order valence-electron chi connectivity index (χ3n) is 4.62. The zero-order chi connectivity index (χ0) is 24.1. The van der Waals surface area contributed by atoms with Crippen molar-refractivity contribution in [3.8, 4) is 17.2 Å². The highest BCUT2D eigenvalue weighted by atomic mass is 35.5. The molecule has 0 radical (unpaired) electrons. The lowest BCUT2D eigenvalue weighted by Gasteiger charge is -2.13. The number of benzene rings is 3. The van der Waals surface area contributed by atoms with Crippen LogP contribution in [0.25, 0.3) is 0 Å². The first-order valence-electron chi connectivity index (χ1n) is 9.88. The van der Waals surface area contributed by atoms with Crippen molar-refractivity contribution in [2.75, 3.05) is 5.32 Å². The Morgan fingerprint density at radius 2 is 1.68 bits per heavy atom. The molecule has 3 aromatic carbocycles. The van der Waals surface area contributed by atoms with Crippen LogP contribution in [0, 0.1) is 10.1 Å². The minimum atomic E-state index is -0.550. The Balaban J connectivity index is 1.53. The highest BCUT2D eigenvalue weighted by Crippen LogP contribution is 2.37. The maximum Gasteiger partial charge on any atom is 0.311 e. The fraction of sp³-hybridized carbons (Fsp3) is 0.0417. The predicted octanol–water partition coefficient (Wildman–Crippen LogP) is 7.59. The van der Waals surface area contributed by atoms with Gasteiger partial charge >= 0.3 is 5.69 Å². The lowest BCUT2D eigenvalue weighted by atomic mass is 10.2. The second-order valence-corrected chi connectivity index (χ2v) is 8.66. The van der Waals surface area contributed by atoms with Gasteiger partial charge in [-0.3, -0.25) is 14.9 Å². The smallest absolute Gasteiger partial charge is 0.311 e. The zero-order valence-electron chi connectivity index (χ0n) is 17.4. The first kappa shape index (κ1) is 23.6. The molecule has 4 aromatic rings. The lowest BCUT2D eigenvalue weighted by Crippen LogP contribution is -2.12. The molecule has 34 heavy (non-hydrogen) atoms. The second kappa shape index (κ2) is 10.6. The van der Waals surface area contributed by atoms with Crippen LogP contribution in [0.4, 0.5) is 11.4 Å². The molecule has 0 aliphatic heterocycles. The summed E-state index contributed by atoms with van der Waals surface area (Å²) in [4.78, 5) is 23.9. The Labute approximate surface area is 208 Å². The van der Waals surface area contributed by atoms with E-state index < -0.39 is 10.8 Å². The number of rotatable bonds is 8. The summed E-state index contributed by atoms with van der Waals surface area (Å²) in [6.45, 7) is 0.286. The van der Waals surface area contributed by atoms with E-state index in [1.54, 1.807) is 23.6 Å². The molecule has 1 heterocycles. The predicted molar refractivity (Wildman–Crippen MR) is 133 cm³/mol. The minimum absolute atomic E-state index is 0.0288. The number of nitro groups is 1. The molecule has 0 saturated heterocycles. The number of nitrogens with one attached hydrogen (secondary N) is 1. The van der Waals surface area contributed by atoms with E-state index >= 15 is 0 Å². The first-order chi connectivity index (χ1) is 16.4. The summed E-state index contributed by atoms with van der Waals surface area (Å²) < 4.78 is 11.5. The molecular formula is C24H16Cl2N2O5S.